The zero-order valence-corrected chi connectivity index (χ0v) is 16.0. The van der Waals surface area contributed by atoms with Gasteiger partial charge in [-0.25, -0.2) is 0 Å². The monoisotopic (exact) mass is 398 g/mol. The van der Waals surface area contributed by atoms with E-state index in [2.05, 4.69) is 0 Å². The van der Waals surface area contributed by atoms with Crippen LogP contribution in [0.2, 0.25) is 0 Å². The number of benzene rings is 1. The molecule has 0 saturated carbocycles. The summed E-state index contributed by atoms with van der Waals surface area (Å²) in [6.07, 6.45) is -3.28. The first kappa shape index (κ1) is 20.6. The van der Waals surface area contributed by atoms with Gasteiger partial charge in [0.25, 0.3) is 5.91 Å². The molecule has 0 radical (unpaired) electrons. The van der Waals surface area contributed by atoms with E-state index in [9.17, 15) is 22.8 Å². The lowest BCUT2D eigenvalue weighted by atomic mass is 9.94. The van der Waals surface area contributed by atoms with E-state index >= 15 is 0 Å². The third-order valence-electron chi connectivity index (χ3n) is 5.32. The molecule has 2 fully saturated rings. The number of halogens is 3. The van der Waals surface area contributed by atoms with Crippen LogP contribution in [-0.4, -0.2) is 60.0 Å². The zero-order chi connectivity index (χ0) is 20.5. The average Bonchev–Trinajstić information content (AvgIpc) is 2.65. The predicted octanol–water partition coefficient (Wildman–Crippen LogP) is 3.19. The van der Waals surface area contributed by atoms with Crippen molar-refractivity contribution in [3.8, 4) is 0 Å². The quantitative estimate of drug-likeness (QED) is 0.769. The van der Waals surface area contributed by atoms with Crippen LogP contribution >= 0.6 is 0 Å². The van der Waals surface area contributed by atoms with E-state index in [1.807, 2.05) is 18.7 Å². The minimum absolute atomic E-state index is 0.00837. The second kappa shape index (κ2) is 8.11. The van der Waals surface area contributed by atoms with Crippen LogP contribution in [0.3, 0.4) is 0 Å². The molecule has 0 spiro atoms. The Bertz CT molecular complexity index is 702. The highest BCUT2D eigenvalue weighted by Crippen LogP contribution is 2.29. The Morgan fingerprint density at radius 1 is 0.964 bits per heavy atom. The summed E-state index contributed by atoms with van der Waals surface area (Å²) in [7, 11) is 0. The first-order chi connectivity index (χ1) is 13.1. The summed E-state index contributed by atoms with van der Waals surface area (Å²) in [6, 6.07) is 4.26. The predicted molar refractivity (Wildman–Crippen MR) is 96.7 cm³/mol. The summed E-state index contributed by atoms with van der Waals surface area (Å²) < 4.78 is 43.6. The lowest BCUT2D eigenvalue weighted by Crippen LogP contribution is -2.51. The molecule has 8 heteroatoms. The topological polar surface area (TPSA) is 49.9 Å². The third-order valence-corrected chi connectivity index (χ3v) is 5.32. The summed E-state index contributed by atoms with van der Waals surface area (Å²) in [5, 5.41) is 0. The molecule has 154 valence electrons. The molecule has 2 saturated heterocycles. The van der Waals surface area contributed by atoms with Gasteiger partial charge in [0.15, 0.2) is 0 Å². The van der Waals surface area contributed by atoms with Gasteiger partial charge < -0.3 is 14.5 Å². The second-order valence-electron chi connectivity index (χ2n) is 7.64. The molecule has 0 N–H and O–H groups in total. The number of carbonyl (C=O) groups is 2. The molecule has 2 aliphatic rings. The van der Waals surface area contributed by atoms with Crippen LogP contribution in [0.25, 0.3) is 0 Å². The molecule has 2 heterocycles. The van der Waals surface area contributed by atoms with E-state index in [1.165, 1.54) is 12.1 Å². The summed E-state index contributed by atoms with van der Waals surface area (Å²) in [5.74, 6) is -0.328. The first-order valence-corrected chi connectivity index (χ1v) is 9.56. The van der Waals surface area contributed by atoms with Crippen molar-refractivity contribution in [1.82, 2.24) is 9.80 Å². The minimum atomic E-state index is -4.42. The number of nitrogens with zero attached hydrogens (tertiary/aromatic N) is 2. The van der Waals surface area contributed by atoms with Gasteiger partial charge in [-0.05, 0) is 51.0 Å². The molecule has 1 aromatic rings. The van der Waals surface area contributed by atoms with Crippen molar-refractivity contribution in [3.63, 3.8) is 0 Å². The molecule has 0 unspecified atom stereocenters. The van der Waals surface area contributed by atoms with Gasteiger partial charge in [-0.15, -0.1) is 0 Å². The molecule has 5 nitrogen and oxygen atoms in total. The third kappa shape index (κ3) is 4.66. The molecule has 0 aromatic heterocycles. The number of ether oxygens (including phenoxy) is 1. The standard InChI is InChI=1S/C20H25F3N2O3/c1-13-11-25(12-14(2)28-13)19(27)16-7-9-24(10-8-16)18(26)15-3-5-17(6-4-15)20(21,22)23/h3-6,13-14,16H,7-12H2,1-2H3/t13-,14-/m1/s1. The Kier molecular flexibility index (Phi) is 5.98. The van der Waals surface area contributed by atoms with Crippen molar-refractivity contribution < 1.29 is 27.5 Å². The van der Waals surface area contributed by atoms with Crippen LogP contribution in [-0.2, 0) is 15.7 Å². The summed E-state index contributed by atoms with van der Waals surface area (Å²) in [6.45, 7) is 5.89. The van der Waals surface area contributed by atoms with Crippen LogP contribution in [0, 0.1) is 5.92 Å². The number of alkyl halides is 3. The van der Waals surface area contributed by atoms with Crippen molar-refractivity contribution in [1.29, 1.82) is 0 Å². The second-order valence-corrected chi connectivity index (χ2v) is 7.64. The van der Waals surface area contributed by atoms with Crippen LogP contribution in [0.4, 0.5) is 13.2 Å². The average molecular weight is 398 g/mol. The van der Waals surface area contributed by atoms with Gasteiger partial charge in [0, 0.05) is 37.7 Å². The summed E-state index contributed by atoms with van der Waals surface area (Å²) >= 11 is 0. The van der Waals surface area contributed by atoms with Gasteiger partial charge >= 0.3 is 6.18 Å². The number of carbonyl (C=O) groups excluding carboxylic acids is 2. The van der Waals surface area contributed by atoms with E-state index in [0.29, 0.717) is 39.0 Å². The number of hydrogen-bond donors (Lipinski definition) is 0. The maximum absolute atomic E-state index is 12.8. The molecule has 1 aromatic carbocycles. The fraction of sp³-hybridized carbons (Fsp3) is 0.600. The molecule has 3 rings (SSSR count). The largest absolute Gasteiger partial charge is 0.416 e. The van der Waals surface area contributed by atoms with E-state index < -0.39 is 11.7 Å². The SMILES string of the molecule is C[C@@H]1CN(C(=O)C2CCN(C(=O)c3ccc(C(F)(F)F)cc3)CC2)C[C@@H](C)O1. The van der Waals surface area contributed by atoms with Crippen molar-refractivity contribution in [2.24, 2.45) is 5.92 Å². The van der Waals surface area contributed by atoms with Crippen molar-refractivity contribution in [3.05, 3.63) is 35.4 Å². The number of morpholine rings is 1. The molecule has 2 aliphatic heterocycles. The molecular weight excluding hydrogens is 373 g/mol. The van der Waals surface area contributed by atoms with Gasteiger partial charge in [-0.3, -0.25) is 9.59 Å². The number of hydrogen-bond acceptors (Lipinski definition) is 3. The van der Waals surface area contributed by atoms with Crippen LogP contribution in [0.15, 0.2) is 24.3 Å². The van der Waals surface area contributed by atoms with E-state index in [-0.39, 0.29) is 35.5 Å². The van der Waals surface area contributed by atoms with Gasteiger partial charge in [0.05, 0.1) is 17.8 Å². The lowest BCUT2D eigenvalue weighted by Gasteiger charge is -2.39. The fourth-order valence-electron chi connectivity index (χ4n) is 3.93. The molecule has 0 aliphatic carbocycles. The molecule has 0 bridgehead atoms. The molecule has 28 heavy (non-hydrogen) atoms. The van der Waals surface area contributed by atoms with Gasteiger partial charge in [-0.1, -0.05) is 0 Å². The highest BCUT2D eigenvalue weighted by Gasteiger charge is 2.34. The van der Waals surface area contributed by atoms with Crippen molar-refractivity contribution in [2.75, 3.05) is 26.2 Å². The summed E-state index contributed by atoms with van der Waals surface area (Å²) in [4.78, 5) is 28.8. The summed E-state index contributed by atoms with van der Waals surface area (Å²) in [5.41, 5.74) is -0.545. The van der Waals surface area contributed by atoms with E-state index in [0.717, 1.165) is 12.1 Å². The zero-order valence-electron chi connectivity index (χ0n) is 16.0. The van der Waals surface area contributed by atoms with Crippen LogP contribution in [0.5, 0.6) is 0 Å². The molecule has 2 atom stereocenters. The maximum atomic E-state index is 12.8. The van der Waals surface area contributed by atoms with E-state index in [1.54, 1.807) is 4.90 Å². The fourth-order valence-corrected chi connectivity index (χ4v) is 3.93. The highest BCUT2D eigenvalue weighted by atomic mass is 19.4. The number of amides is 2. The van der Waals surface area contributed by atoms with Crippen molar-refractivity contribution in [2.45, 2.75) is 45.1 Å². The number of rotatable bonds is 2. The Morgan fingerprint density at radius 3 is 2.00 bits per heavy atom. The Labute approximate surface area is 162 Å². The Morgan fingerprint density at radius 2 is 1.50 bits per heavy atom. The number of piperidine rings is 1. The number of likely N-dealkylation sites (tertiary alicyclic amines) is 1. The normalized spacial score (nSPS) is 24.3. The Balaban J connectivity index is 1.56. The smallest absolute Gasteiger partial charge is 0.372 e. The van der Waals surface area contributed by atoms with Crippen molar-refractivity contribution >= 4 is 11.8 Å². The molecular formula is C20H25F3N2O3. The first-order valence-electron chi connectivity index (χ1n) is 9.56. The van der Waals surface area contributed by atoms with Crippen LogP contribution < -0.4 is 0 Å². The van der Waals surface area contributed by atoms with Gasteiger partial charge in [-0.2, -0.15) is 13.2 Å². The van der Waals surface area contributed by atoms with E-state index in [4.69, 9.17) is 4.74 Å². The van der Waals surface area contributed by atoms with Gasteiger partial charge in [0.2, 0.25) is 5.91 Å². The highest BCUT2D eigenvalue weighted by molar-refractivity contribution is 5.94. The maximum Gasteiger partial charge on any atom is 0.416 e. The minimum Gasteiger partial charge on any atom is -0.372 e. The Hall–Kier alpha value is -2.09. The lowest BCUT2D eigenvalue weighted by molar-refractivity contribution is -0.148. The van der Waals surface area contributed by atoms with Gasteiger partial charge in [0.1, 0.15) is 0 Å². The molecule has 2 amide bonds. The van der Waals surface area contributed by atoms with Crippen LogP contribution in [0.1, 0.15) is 42.6 Å².